The van der Waals surface area contributed by atoms with Crippen LogP contribution in [0.5, 0.6) is 0 Å². The maximum Gasteiger partial charge on any atom is 0.490 e. The number of carbonyl (C=O) groups excluding carboxylic acids is 1. The third-order valence-corrected chi connectivity index (χ3v) is 7.25. The number of benzene rings is 2. The van der Waals surface area contributed by atoms with E-state index >= 15 is 0 Å². The summed E-state index contributed by atoms with van der Waals surface area (Å²) >= 11 is 12.2. The number of nitrogens with two attached hydrogens (primary N) is 1. The second kappa shape index (κ2) is 17.7. The topological polar surface area (TPSA) is 203 Å². The normalized spacial score (nSPS) is 15.9. The molecule has 49 heavy (non-hydrogen) atoms. The summed E-state index contributed by atoms with van der Waals surface area (Å²) in [5, 5.41) is 33.4. The van der Waals surface area contributed by atoms with Crippen LogP contribution in [-0.4, -0.2) is 75.0 Å². The summed E-state index contributed by atoms with van der Waals surface area (Å²) in [6.07, 6.45) is -5.67. The molecular weight excluding hydrogens is 711 g/mol. The Hall–Kier alpha value is -4.58. The minimum atomic E-state index is -5.08. The number of hydrogen-bond acceptors (Lipinski definition) is 7. The summed E-state index contributed by atoms with van der Waals surface area (Å²) in [6.45, 7) is 2.39. The first-order valence-corrected chi connectivity index (χ1v) is 14.9. The van der Waals surface area contributed by atoms with Gasteiger partial charge in [0, 0.05) is 34.1 Å². The fraction of sp³-hybridized carbons (Fsp3) is 0.379. The van der Waals surface area contributed by atoms with E-state index in [9.17, 15) is 31.1 Å². The predicted octanol–water partition coefficient (Wildman–Crippen LogP) is 5.69. The number of carboxylic acid groups (broad SMARTS) is 2. The van der Waals surface area contributed by atoms with Crippen LogP contribution in [0.4, 0.5) is 32.2 Å². The average Bonchev–Trinajstić information content (AvgIpc) is 2.98. The van der Waals surface area contributed by atoms with Crippen molar-refractivity contribution in [2.75, 3.05) is 11.9 Å². The fourth-order valence-electron chi connectivity index (χ4n) is 4.42. The number of anilines is 1. The molecule has 0 bridgehead atoms. The largest absolute Gasteiger partial charge is 0.490 e. The van der Waals surface area contributed by atoms with Crippen LogP contribution in [0, 0.1) is 12.3 Å². The van der Waals surface area contributed by atoms with Crippen molar-refractivity contribution in [3.8, 4) is 0 Å². The van der Waals surface area contributed by atoms with E-state index < -0.39 is 24.3 Å². The molecule has 1 amide bonds. The van der Waals surface area contributed by atoms with Gasteiger partial charge in [0.1, 0.15) is 5.82 Å². The Bertz CT molecular complexity index is 1640. The number of carbonyl (C=O) groups is 3. The van der Waals surface area contributed by atoms with Crippen molar-refractivity contribution in [1.29, 1.82) is 5.41 Å². The highest BCUT2D eigenvalue weighted by Gasteiger charge is 2.39. The number of alkyl halides is 6. The molecule has 1 aromatic heterocycles. The van der Waals surface area contributed by atoms with Crippen LogP contribution in [0.1, 0.15) is 47.4 Å². The number of aromatic nitrogens is 2. The lowest BCUT2D eigenvalue weighted by Crippen LogP contribution is -2.50. The van der Waals surface area contributed by atoms with Crippen LogP contribution in [0.25, 0.3) is 10.9 Å². The van der Waals surface area contributed by atoms with Crippen molar-refractivity contribution in [3.63, 3.8) is 0 Å². The van der Waals surface area contributed by atoms with Crippen molar-refractivity contribution < 1.29 is 50.9 Å². The van der Waals surface area contributed by atoms with E-state index in [1.54, 1.807) is 12.1 Å². The van der Waals surface area contributed by atoms with Gasteiger partial charge >= 0.3 is 24.3 Å². The molecule has 0 radical (unpaired) electrons. The molecule has 1 aliphatic rings. The van der Waals surface area contributed by atoms with E-state index in [1.165, 1.54) is 0 Å². The van der Waals surface area contributed by atoms with Gasteiger partial charge in [-0.05, 0) is 56.0 Å². The number of halogens is 8. The van der Waals surface area contributed by atoms with Crippen molar-refractivity contribution >= 4 is 63.7 Å². The third kappa shape index (κ3) is 13.5. The summed E-state index contributed by atoms with van der Waals surface area (Å²) in [6, 6.07) is 11.2. The summed E-state index contributed by atoms with van der Waals surface area (Å²) in [7, 11) is 0. The Morgan fingerprint density at radius 3 is 2.04 bits per heavy atom. The van der Waals surface area contributed by atoms with Crippen LogP contribution >= 0.6 is 23.2 Å². The minimum absolute atomic E-state index is 0.0116. The Balaban J connectivity index is 0.000000500. The number of aliphatic carboxylic acids is 2. The molecule has 0 aliphatic heterocycles. The van der Waals surface area contributed by atoms with Gasteiger partial charge in [-0.1, -0.05) is 53.7 Å². The summed E-state index contributed by atoms with van der Waals surface area (Å²) in [5.74, 6) is -5.22. The predicted molar refractivity (Wildman–Crippen MR) is 169 cm³/mol. The van der Waals surface area contributed by atoms with Crippen LogP contribution in [0.3, 0.4) is 0 Å². The number of hydrogen-bond donors (Lipinski definition) is 7. The molecule has 4 rings (SSSR count). The van der Waals surface area contributed by atoms with Gasteiger partial charge in [0.05, 0.1) is 5.52 Å². The van der Waals surface area contributed by atoms with Gasteiger partial charge in [0.15, 0.2) is 5.96 Å². The molecule has 268 valence electrons. The monoisotopic (exact) mass is 741 g/mol. The Kier molecular flexibility index (Phi) is 14.7. The minimum Gasteiger partial charge on any atom is -0.475 e. The standard InChI is InChI=1S/C25H29Cl2N7O.2C2HF3O2/c1-14-6-9-19-17(12-14)22(32-20-4-2-3-5-21(20)33-25(28)29)34-23(31-19)24(35)30-11-10-15-7-8-16(26)13-18(15)27;2*3-2(4,5)1(6)7/h6-9,12-13,20-21H,2-5,10-11H2,1H3,(H,30,35)(H4,28,29,33)(H,31,32,34);2*(H,6,7). The summed E-state index contributed by atoms with van der Waals surface area (Å²) < 4.78 is 63.5. The molecule has 1 aliphatic carbocycles. The van der Waals surface area contributed by atoms with Crippen LogP contribution in [0.2, 0.25) is 10.0 Å². The molecule has 0 spiro atoms. The van der Waals surface area contributed by atoms with Gasteiger partial charge in [0.25, 0.3) is 5.91 Å². The highest BCUT2D eigenvalue weighted by Crippen LogP contribution is 2.27. The Morgan fingerprint density at radius 2 is 1.51 bits per heavy atom. The van der Waals surface area contributed by atoms with E-state index in [0.29, 0.717) is 34.3 Å². The van der Waals surface area contributed by atoms with Crippen LogP contribution < -0.4 is 21.7 Å². The van der Waals surface area contributed by atoms with E-state index in [0.717, 1.165) is 42.2 Å². The number of carboxylic acids is 2. The van der Waals surface area contributed by atoms with Gasteiger partial charge < -0.3 is 31.9 Å². The first-order valence-electron chi connectivity index (χ1n) is 14.2. The number of rotatable bonds is 7. The quantitative estimate of drug-likeness (QED) is 0.0896. The molecule has 1 heterocycles. The van der Waals surface area contributed by atoms with Crippen molar-refractivity contribution in [3.05, 3.63) is 63.4 Å². The summed E-state index contributed by atoms with van der Waals surface area (Å²) in [5.41, 5.74) is 8.27. The van der Waals surface area contributed by atoms with Gasteiger partial charge in [-0.15, -0.1) is 0 Å². The lowest BCUT2D eigenvalue weighted by atomic mass is 9.90. The number of guanidine groups is 1. The molecule has 2 atom stereocenters. The molecule has 2 aromatic carbocycles. The molecule has 3 aromatic rings. The second-order valence-electron chi connectivity index (χ2n) is 10.5. The van der Waals surface area contributed by atoms with Crippen molar-refractivity contribution in [2.24, 2.45) is 5.73 Å². The van der Waals surface area contributed by atoms with E-state index in [2.05, 4.69) is 25.9 Å². The maximum atomic E-state index is 13.0. The zero-order chi connectivity index (χ0) is 37.1. The molecule has 1 saturated carbocycles. The maximum absolute atomic E-state index is 13.0. The zero-order valence-corrected chi connectivity index (χ0v) is 27.0. The van der Waals surface area contributed by atoms with E-state index in [-0.39, 0.29) is 29.8 Å². The Labute approximate surface area is 284 Å². The van der Waals surface area contributed by atoms with Crippen LogP contribution in [-0.2, 0) is 16.0 Å². The van der Waals surface area contributed by atoms with E-state index in [1.807, 2.05) is 31.2 Å². The molecule has 20 heteroatoms. The molecule has 0 saturated heterocycles. The van der Waals surface area contributed by atoms with Gasteiger partial charge in [0.2, 0.25) is 5.82 Å². The highest BCUT2D eigenvalue weighted by molar-refractivity contribution is 6.35. The number of amides is 1. The highest BCUT2D eigenvalue weighted by atomic mass is 35.5. The SMILES string of the molecule is Cc1ccc2nc(C(=O)NCCc3ccc(Cl)cc3Cl)nc(NC3CCCCC3NC(=N)N)c2c1.O=C(O)C(F)(F)F.O=C(O)C(F)(F)F. The van der Waals surface area contributed by atoms with Crippen molar-refractivity contribution in [2.45, 2.75) is 63.5 Å². The molecule has 12 nitrogen and oxygen atoms in total. The molecule has 2 unspecified atom stereocenters. The first-order chi connectivity index (χ1) is 22.7. The fourth-order valence-corrected chi connectivity index (χ4v) is 4.92. The first kappa shape index (κ1) is 40.6. The van der Waals surface area contributed by atoms with Crippen molar-refractivity contribution in [1.82, 2.24) is 20.6 Å². The van der Waals surface area contributed by atoms with Gasteiger partial charge in [-0.25, -0.2) is 19.6 Å². The van der Waals surface area contributed by atoms with E-state index in [4.69, 9.17) is 54.1 Å². The lowest BCUT2D eigenvalue weighted by molar-refractivity contribution is -0.193. The third-order valence-electron chi connectivity index (χ3n) is 6.66. The molecular formula is C29H31Cl2F6N7O5. The average molecular weight is 743 g/mol. The zero-order valence-electron chi connectivity index (χ0n) is 25.5. The van der Waals surface area contributed by atoms with Gasteiger partial charge in [-0.3, -0.25) is 10.2 Å². The number of nitrogens with zero attached hydrogens (tertiary/aromatic N) is 2. The number of nitrogens with one attached hydrogen (secondary N) is 4. The number of fused-ring (bicyclic) bond motifs is 1. The van der Waals surface area contributed by atoms with Gasteiger partial charge in [-0.2, -0.15) is 26.3 Å². The molecule has 8 N–H and O–H groups in total. The summed E-state index contributed by atoms with van der Waals surface area (Å²) in [4.78, 5) is 39.9. The second-order valence-corrected chi connectivity index (χ2v) is 11.3. The number of aryl methyl sites for hydroxylation is 1. The Morgan fingerprint density at radius 1 is 0.939 bits per heavy atom. The molecule has 1 fully saturated rings. The smallest absolute Gasteiger partial charge is 0.475 e. The lowest BCUT2D eigenvalue weighted by Gasteiger charge is -2.33. The van der Waals surface area contributed by atoms with Crippen LogP contribution in [0.15, 0.2) is 36.4 Å².